The van der Waals surface area contributed by atoms with E-state index in [4.69, 9.17) is 5.73 Å². The molecular weight excluding hydrogens is 308 g/mol. The summed E-state index contributed by atoms with van der Waals surface area (Å²) in [5.41, 5.74) is 7.80. The topological polar surface area (TPSA) is 46.3 Å². The molecule has 1 heterocycles. The zero-order valence-electron chi connectivity index (χ0n) is 15.3. The standard InChI is InChI=1S/C22H32N2O/c23-21-17-8-4-9-18(21)15-19(14-17)22(25)24-13-5-10-20(24)12-11-16-6-2-1-3-7-16/h1-3,6-7,17-21H,4-5,8-15,23H2. The lowest BCUT2D eigenvalue weighted by Crippen LogP contribution is -2.50. The van der Waals surface area contributed by atoms with Crippen LogP contribution in [0.2, 0.25) is 0 Å². The quantitative estimate of drug-likeness (QED) is 0.907. The van der Waals surface area contributed by atoms with Gasteiger partial charge in [0.05, 0.1) is 0 Å². The molecule has 3 heteroatoms. The molecule has 3 fully saturated rings. The molecular formula is C22H32N2O. The molecule has 1 saturated heterocycles. The third-order valence-corrected chi connectivity index (χ3v) is 7.03. The summed E-state index contributed by atoms with van der Waals surface area (Å²) in [4.78, 5) is 15.5. The van der Waals surface area contributed by atoms with Gasteiger partial charge in [0, 0.05) is 24.5 Å². The van der Waals surface area contributed by atoms with Gasteiger partial charge < -0.3 is 10.6 Å². The molecule has 2 bridgehead atoms. The Morgan fingerprint density at radius 2 is 1.76 bits per heavy atom. The smallest absolute Gasteiger partial charge is 0.225 e. The Morgan fingerprint density at radius 1 is 1.04 bits per heavy atom. The summed E-state index contributed by atoms with van der Waals surface area (Å²) in [6, 6.07) is 11.5. The lowest BCUT2D eigenvalue weighted by molar-refractivity contribution is -0.139. The summed E-state index contributed by atoms with van der Waals surface area (Å²) in [6.07, 6.45) is 10.4. The highest BCUT2D eigenvalue weighted by Gasteiger charge is 2.43. The van der Waals surface area contributed by atoms with Gasteiger partial charge in [-0.1, -0.05) is 36.8 Å². The summed E-state index contributed by atoms with van der Waals surface area (Å²) >= 11 is 0. The van der Waals surface area contributed by atoms with Gasteiger partial charge in [0.25, 0.3) is 0 Å². The summed E-state index contributed by atoms with van der Waals surface area (Å²) in [6.45, 7) is 0.968. The minimum absolute atomic E-state index is 0.243. The van der Waals surface area contributed by atoms with Crippen molar-refractivity contribution in [3.8, 4) is 0 Å². The van der Waals surface area contributed by atoms with Crippen molar-refractivity contribution in [1.82, 2.24) is 4.90 Å². The minimum atomic E-state index is 0.243. The molecule has 2 saturated carbocycles. The van der Waals surface area contributed by atoms with Crippen LogP contribution in [-0.2, 0) is 11.2 Å². The van der Waals surface area contributed by atoms with Gasteiger partial charge >= 0.3 is 0 Å². The SMILES string of the molecule is NC1C2CCCC1CC(C(=O)N1CCCC1CCc1ccccc1)C2. The molecule has 3 aliphatic rings. The molecule has 2 N–H and O–H groups in total. The van der Waals surface area contributed by atoms with Crippen LogP contribution in [0.5, 0.6) is 0 Å². The van der Waals surface area contributed by atoms with Gasteiger partial charge in [0.15, 0.2) is 0 Å². The van der Waals surface area contributed by atoms with Crippen molar-refractivity contribution in [2.24, 2.45) is 23.5 Å². The number of carbonyl (C=O) groups excluding carboxylic acids is 1. The van der Waals surface area contributed by atoms with Crippen LogP contribution in [-0.4, -0.2) is 29.4 Å². The van der Waals surface area contributed by atoms with E-state index in [1.54, 1.807) is 0 Å². The number of carbonyl (C=O) groups is 1. The molecule has 3 unspecified atom stereocenters. The number of nitrogens with zero attached hydrogens (tertiary/aromatic N) is 1. The largest absolute Gasteiger partial charge is 0.339 e. The van der Waals surface area contributed by atoms with Gasteiger partial charge in [-0.15, -0.1) is 0 Å². The van der Waals surface area contributed by atoms with Crippen molar-refractivity contribution in [1.29, 1.82) is 0 Å². The van der Waals surface area contributed by atoms with E-state index in [0.717, 1.165) is 32.2 Å². The zero-order valence-corrected chi connectivity index (χ0v) is 15.3. The van der Waals surface area contributed by atoms with E-state index in [0.29, 0.717) is 29.8 Å². The van der Waals surface area contributed by atoms with E-state index in [1.807, 2.05) is 0 Å². The fourth-order valence-electron chi connectivity index (χ4n) is 5.63. The lowest BCUT2D eigenvalue weighted by Gasteiger charge is -2.44. The maximum absolute atomic E-state index is 13.2. The number of hydrogen-bond donors (Lipinski definition) is 1. The number of amides is 1. The van der Waals surface area contributed by atoms with Crippen molar-refractivity contribution < 1.29 is 4.79 Å². The predicted octanol–water partition coefficient (Wildman–Crippen LogP) is 3.76. The molecule has 1 amide bonds. The van der Waals surface area contributed by atoms with E-state index in [1.165, 1.54) is 37.7 Å². The lowest BCUT2D eigenvalue weighted by atomic mass is 9.65. The van der Waals surface area contributed by atoms with E-state index >= 15 is 0 Å². The average Bonchev–Trinajstić information content (AvgIpc) is 3.08. The molecule has 25 heavy (non-hydrogen) atoms. The van der Waals surface area contributed by atoms with E-state index < -0.39 is 0 Å². The van der Waals surface area contributed by atoms with Crippen LogP contribution in [0.25, 0.3) is 0 Å². The Hall–Kier alpha value is -1.35. The van der Waals surface area contributed by atoms with Gasteiger partial charge in [0.2, 0.25) is 5.91 Å². The van der Waals surface area contributed by atoms with E-state index in [2.05, 4.69) is 35.2 Å². The van der Waals surface area contributed by atoms with Crippen LogP contribution >= 0.6 is 0 Å². The van der Waals surface area contributed by atoms with Crippen molar-refractivity contribution in [2.45, 2.75) is 69.9 Å². The third-order valence-electron chi connectivity index (χ3n) is 7.03. The Bertz CT molecular complexity index is 573. The summed E-state index contributed by atoms with van der Waals surface area (Å²) in [7, 11) is 0. The number of hydrogen-bond acceptors (Lipinski definition) is 2. The van der Waals surface area contributed by atoms with Crippen LogP contribution in [0.4, 0.5) is 0 Å². The maximum Gasteiger partial charge on any atom is 0.225 e. The third kappa shape index (κ3) is 3.62. The number of nitrogens with two attached hydrogens (primary N) is 1. The Kier molecular flexibility index (Phi) is 5.12. The van der Waals surface area contributed by atoms with E-state index in [9.17, 15) is 4.79 Å². The molecule has 2 aliphatic carbocycles. The van der Waals surface area contributed by atoms with Crippen LogP contribution in [0.1, 0.15) is 56.9 Å². The van der Waals surface area contributed by atoms with E-state index in [-0.39, 0.29) is 5.92 Å². The number of fused-ring (bicyclic) bond motifs is 2. The predicted molar refractivity (Wildman–Crippen MR) is 101 cm³/mol. The first-order chi connectivity index (χ1) is 12.2. The maximum atomic E-state index is 13.2. The normalized spacial score (nSPS) is 34.9. The fourth-order valence-corrected chi connectivity index (χ4v) is 5.63. The van der Waals surface area contributed by atoms with Gasteiger partial charge in [-0.05, 0) is 68.8 Å². The van der Waals surface area contributed by atoms with Crippen molar-refractivity contribution >= 4 is 5.91 Å². The molecule has 0 radical (unpaired) electrons. The molecule has 4 rings (SSSR count). The first-order valence-corrected chi connectivity index (χ1v) is 10.3. The van der Waals surface area contributed by atoms with Crippen LogP contribution in [0, 0.1) is 17.8 Å². The first kappa shape index (κ1) is 17.1. The highest BCUT2D eigenvalue weighted by molar-refractivity contribution is 5.79. The molecule has 136 valence electrons. The molecule has 0 aromatic heterocycles. The Labute approximate surface area is 152 Å². The second-order valence-corrected chi connectivity index (χ2v) is 8.55. The second kappa shape index (κ2) is 7.49. The zero-order chi connectivity index (χ0) is 17.2. The summed E-state index contributed by atoms with van der Waals surface area (Å²) in [5, 5.41) is 0. The second-order valence-electron chi connectivity index (χ2n) is 8.55. The van der Waals surface area contributed by atoms with Crippen molar-refractivity contribution in [3.05, 3.63) is 35.9 Å². The van der Waals surface area contributed by atoms with Gasteiger partial charge in [0.1, 0.15) is 0 Å². The first-order valence-electron chi connectivity index (χ1n) is 10.3. The number of aryl methyl sites for hydroxylation is 1. The monoisotopic (exact) mass is 340 g/mol. The molecule has 1 aromatic carbocycles. The molecule has 1 aromatic rings. The highest BCUT2D eigenvalue weighted by Crippen LogP contribution is 2.43. The molecule has 1 aliphatic heterocycles. The highest BCUT2D eigenvalue weighted by atomic mass is 16.2. The van der Waals surface area contributed by atoms with Gasteiger partial charge in [-0.2, -0.15) is 0 Å². The Balaban J connectivity index is 1.37. The number of rotatable bonds is 4. The van der Waals surface area contributed by atoms with Crippen LogP contribution in [0.15, 0.2) is 30.3 Å². The molecule has 3 nitrogen and oxygen atoms in total. The number of benzene rings is 1. The fraction of sp³-hybridized carbons (Fsp3) is 0.682. The molecule has 0 spiro atoms. The van der Waals surface area contributed by atoms with Crippen LogP contribution < -0.4 is 5.73 Å². The van der Waals surface area contributed by atoms with Crippen LogP contribution in [0.3, 0.4) is 0 Å². The minimum Gasteiger partial charge on any atom is -0.339 e. The van der Waals surface area contributed by atoms with Gasteiger partial charge in [-0.3, -0.25) is 4.79 Å². The average molecular weight is 341 g/mol. The summed E-state index contributed by atoms with van der Waals surface area (Å²) < 4.78 is 0. The number of likely N-dealkylation sites (tertiary alicyclic amines) is 1. The molecule has 3 atom stereocenters. The van der Waals surface area contributed by atoms with Crippen molar-refractivity contribution in [2.75, 3.05) is 6.54 Å². The van der Waals surface area contributed by atoms with Gasteiger partial charge in [-0.25, -0.2) is 0 Å². The Morgan fingerprint density at radius 3 is 2.48 bits per heavy atom. The van der Waals surface area contributed by atoms with Crippen molar-refractivity contribution in [3.63, 3.8) is 0 Å². The summed E-state index contributed by atoms with van der Waals surface area (Å²) in [5.74, 6) is 1.87.